The predicted octanol–water partition coefficient (Wildman–Crippen LogP) is -2.23. The van der Waals surface area contributed by atoms with Gasteiger partial charge in [-0.1, -0.05) is 6.92 Å². The SMILES string of the molecule is [B]C1(O)NC(O)(O)C2C(CC(=O)O)C21C. The van der Waals surface area contributed by atoms with Gasteiger partial charge >= 0.3 is 5.97 Å². The van der Waals surface area contributed by atoms with Crippen molar-refractivity contribution in [3.63, 3.8) is 0 Å². The third-order valence-corrected chi connectivity index (χ3v) is 3.73. The predicted molar refractivity (Wildman–Crippen MR) is 48.3 cm³/mol. The molecule has 7 heteroatoms. The number of carboxylic acid groups (broad SMARTS) is 1. The first-order valence-corrected chi connectivity index (χ1v) is 4.60. The highest BCUT2D eigenvalue weighted by Gasteiger charge is 2.81. The van der Waals surface area contributed by atoms with Gasteiger partial charge in [0, 0.05) is 17.8 Å². The zero-order valence-corrected chi connectivity index (χ0v) is 8.14. The number of fused-ring (bicyclic) bond motifs is 1. The zero-order chi connectivity index (χ0) is 11.6. The van der Waals surface area contributed by atoms with Crippen molar-refractivity contribution in [2.24, 2.45) is 17.3 Å². The molecule has 1 aliphatic heterocycles. The largest absolute Gasteiger partial charge is 0.481 e. The van der Waals surface area contributed by atoms with E-state index in [2.05, 4.69) is 5.32 Å². The summed E-state index contributed by atoms with van der Waals surface area (Å²) in [4.78, 5) is 10.5. The van der Waals surface area contributed by atoms with Gasteiger partial charge in [0.1, 0.15) is 7.85 Å². The van der Waals surface area contributed by atoms with Gasteiger partial charge in [-0.05, 0) is 5.92 Å². The third kappa shape index (κ3) is 1.18. The van der Waals surface area contributed by atoms with Crippen molar-refractivity contribution in [2.45, 2.75) is 24.9 Å². The number of hydrogen-bond acceptors (Lipinski definition) is 5. The number of aliphatic carboxylic acids is 1. The minimum absolute atomic E-state index is 0.245. The monoisotopic (exact) mass is 213 g/mol. The highest BCUT2D eigenvalue weighted by atomic mass is 16.5. The fourth-order valence-corrected chi connectivity index (χ4v) is 2.83. The molecule has 5 N–H and O–H groups in total. The Balaban J connectivity index is 2.27. The lowest BCUT2D eigenvalue weighted by molar-refractivity contribution is -0.208. The van der Waals surface area contributed by atoms with Crippen LogP contribution in [0.1, 0.15) is 13.3 Å². The molecule has 4 atom stereocenters. The standard InChI is InChI=1S/C8H12BNO5/c1-6-3(2-4(11)12)5(6)7(13,14)10-8(6,9)15/h3,5,10,13-15H,2H2,1H3,(H,11,12). The van der Waals surface area contributed by atoms with Crippen LogP contribution in [0, 0.1) is 17.3 Å². The zero-order valence-electron chi connectivity index (χ0n) is 8.14. The van der Waals surface area contributed by atoms with Crippen LogP contribution >= 0.6 is 0 Å². The van der Waals surface area contributed by atoms with Crippen molar-refractivity contribution in [3.8, 4) is 0 Å². The quantitative estimate of drug-likeness (QED) is 0.262. The van der Waals surface area contributed by atoms with Gasteiger partial charge in [-0.25, -0.2) is 5.32 Å². The molecule has 1 saturated carbocycles. The first kappa shape index (κ1) is 10.9. The number of nitrogens with one attached hydrogen (secondary N) is 1. The molecular weight excluding hydrogens is 201 g/mol. The number of carboxylic acids is 1. The van der Waals surface area contributed by atoms with Crippen molar-refractivity contribution in [1.29, 1.82) is 0 Å². The summed E-state index contributed by atoms with van der Waals surface area (Å²) >= 11 is 0. The summed E-state index contributed by atoms with van der Waals surface area (Å²) in [6.45, 7) is 1.53. The molecular formula is C8H12BNO5. The van der Waals surface area contributed by atoms with E-state index < -0.39 is 34.8 Å². The normalized spacial score (nSPS) is 51.2. The molecule has 1 heterocycles. The van der Waals surface area contributed by atoms with E-state index in [1.807, 2.05) is 0 Å². The molecule has 6 nitrogen and oxygen atoms in total. The van der Waals surface area contributed by atoms with Crippen molar-refractivity contribution in [3.05, 3.63) is 0 Å². The van der Waals surface area contributed by atoms with Crippen molar-refractivity contribution >= 4 is 13.8 Å². The fraction of sp³-hybridized carbons (Fsp3) is 0.875. The minimum Gasteiger partial charge on any atom is -0.481 e. The van der Waals surface area contributed by atoms with Gasteiger partial charge in [-0.3, -0.25) is 4.79 Å². The molecule has 1 aliphatic carbocycles. The lowest BCUT2D eigenvalue weighted by Gasteiger charge is -2.32. The van der Waals surface area contributed by atoms with Crippen LogP contribution in [-0.4, -0.2) is 45.8 Å². The van der Waals surface area contributed by atoms with Gasteiger partial charge in [0.15, 0.2) is 0 Å². The fourth-order valence-electron chi connectivity index (χ4n) is 2.83. The molecule has 0 bridgehead atoms. The number of piperidine rings is 1. The Kier molecular flexibility index (Phi) is 1.84. The van der Waals surface area contributed by atoms with Gasteiger partial charge in [0.25, 0.3) is 0 Å². The van der Waals surface area contributed by atoms with E-state index in [-0.39, 0.29) is 6.42 Å². The van der Waals surface area contributed by atoms with Gasteiger partial charge in [-0.15, -0.1) is 0 Å². The molecule has 15 heavy (non-hydrogen) atoms. The van der Waals surface area contributed by atoms with E-state index in [4.69, 9.17) is 13.0 Å². The van der Waals surface area contributed by atoms with Gasteiger partial charge < -0.3 is 20.4 Å². The Bertz CT molecular complexity index is 331. The van der Waals surface area contributed by atoms with E-state index in [1.165, 1.54) is 6.92 Å². The number of aliphatic hydroxyl groups is 3. The van der Waals surface area contributed by atoms with Crippen molar-refractivity contribution in [1.82, 2.24) is 5.32 Å². The topological polar surface area (TPSA) is 110 Å². The average molecular weight is 213 g/mol. The second kappa shape index (κ2) is 2.54. The smallest absolute Gasteiger partial charge is 0.303 e. The second-order valence-electron chi connectivity index (χ2n) is 4.58. The van der Waals surface area contributed by atoms with Gasteiger partial charge in [-0.2, -0.15) is 0 Å². The molecule has 0 spiro atoms. The summed E-state index contributed by atoms with van der Waals surface area (Å²) in [6.07, 6.45) is -0.245. The lowest BCUT2D eigenvalue weighted by Crippen LogP contribution is -2.58. The van der Waals surface area contributed by atoms with Crippen LogP contribution in [0.4, 0.5) is 0 Å². The number of rotatable bonds is 2. The van der Waals surface area contributed by atoms with Crippen LogP contribution in [-0.2, 0) is 4.79 Å². The molecule has 1 saturated heterocycles. The molecule has 2 rings (SSSR count). The Morgan fingerprint density at radius 1 is 1.47 bits per heavy atom. The molecule has 0 aromatic rings. The summed E-state index contributed by atoms with van der Waals surface area (Å²) < 4.78 is 0. The van der Waals surface area contributed by atoms with Crippen molar-refractivity contribution in [2.75, 3.05) is 0 Å². The Morgan fingerprint density at radius 2 is 2.00 bits per heavy atom. The first-order valence-electron chi connectivity index (χ1n) is 4.60. The van der Waals surface area contributed by atoms with Crippen LogP contribution in [0.15, 0.2) is 0 Å². The molecule has 0 amide bonds. The van der Waals surface area contributed by atoms with Crippen LogP contribution in [0.3, 0.4) is 0 Å². The molecule has 82 valence electrons. The summed E-state index contributed by atoms with van der Waals surface area (Å²) in [6, 6.07) is 0. The Morgan fingerprint density at radius 3 is 2.33 bits per heavy atom. The molecule has 2 aliphatic rings. The van der Waals surface area contributed by atoms with E-state index >= 15 is 0 Å². The number of carbonyl (C=O) groups is 1. The summed E-state index contributed by atoms with van der Waals surface area (Å²) in [5, 5.41) is 39.4. The summed E-state index contributed by atoms with van der Waals surface area (Å²) in [5.74, 6) is -4.67. The maximum absolute atomic E-state index is 10.5. The van der Waals surface area contributed by atoms with E-state index in [1.54, 1.807) is 0 Å². The molecule has 2 radical (unpaired) electrons. The van der Waals surface area contributed by atoms with E-state index in [9.17, 15) is 20.1 Å². The molecule has 2 fully saturated rings. The van der Waals surface area contributed by atoms with Gasteiger partial charge in [0.05, 0.1) is 5.62 Å². The van der Waals surface area contributed by atoms with E-state index in [0.29, 0.717) is 0 Å². The van der Waals surface area contributed by atoms with Gasteiger partial charge in [0.2, 0.25) is 5.91 Å². The molecule has 0 aromatic carbocycles. The highest BCUT2D eigenvalue weighted by Crippen LogP contribution is 2.71. The molecule has 4 unspecified atom stereocenters. The van der Waals surface area contributed by atoms with Crippen LogP contribution in [0.5, 0.6) is 0 Å². The average Bonchev–Trinajstić information content (AvgIpc) is 2.49. The second-order valence-corrected chi connectivity index (χ2v) is 4.58. The van der Waals surface area contributed by atoms with Crippen LogP contribution < -0.4 is 5.32 Å². The summed E-state index contributed by atoms with van der Waals surface area (Å²) in [7, 11) is 5.47. The highest BCUT2D eigenvalue weighted by molar-refractivity contribution is 6.15. The van der Waals surface area contributed by atoms with Crippen molar-refractivity contribution < 1.29 is 25.2 Å². The first-order chi connectivity index (χ1) is 6.63. The van der Waals surface area contributed by atoms with E-state index in [0.717, 1.165) is 0 Å². The maximum Gasteiger partial charge on any atom is 0.303 e. The summed E-state index contributed by atoms with van der Waals surface area (Å²) in [5.41, 5.74) is -2.98. The number of hydrogen-bond donors (Lipinski definition) is 5. The van der Waals surface area contributed by atoms with Crippen LogP contribution in [0.25, 0.3) is 0 Å². The minimum atomic E-state index is -2.31. The maximum atomic E-state index is 10.5. The van der Waals surface area contributed by atoms with Crippen LogP contribution in [0.2, 0.25) is 0 Å². The third-order valence-electron chi connectivity index (χ3n) is 3.73. The molecule has 0 aromatic heterocycles. The Hall–Kier alpha value is -0.625. The lowest BCUT2D eigenvalue weighted by atomic mass is 9.76. The Labute approximate surface area is 87.3 Å².